The predicted octanol–water partition coefficient (Wildman–Crippen LogP) is 5.59. The molecule has 0 aliphatic rings. The third-order valence-electron chi connectivity index (χ3n) is 2.74. The highest BCUT2D eigenvalue weighted by atomic mass is 35.5. The molecule has 8 heteroatoms. The number of nitro groups is 1. The van der Waals surface area contributed by atoms with E-state index >= 15 is 0 Å². The minimum absolute atomic E-state index is 0.0137. The van der Waals surface area contributed by atoms with Crippen molar-refractivity contribution >= 4 is 28.9 Å². The first-order chi connectivity index (χ1) is 9.70. The molecule has 0 bridgehead atoms. The number of nitrogens with zero attached hydrogens (tertiary/aromatic N) is 1. The summed E-state index contributed by atoms with van der Waals surface area (Å²) in [6, 6.07) is 6.27. The SMILES string of the molecule is O=[N+]([O-])c1ccc(C(F)(F)F)c(-c2cc(Cl)ccc2Cl)c1. The van der Waals surface area contributed by atoms with Crippen molar-refractivity contribution in [1.29, 1.82) is 0 Å². The van der Waals surface area contributed by atoms with E-state index in [2.05, 4.69) is 0 Å². The summed E-state index contributed by atoms with van der Waals surface area (Å²) < 4.78 is 39.2. The number of non-ortho nitro benzene ring substituents is 1. The number of hydrogen-bond acceptors (Lipinski definition) is 2. The van der Waals surface area contributed by atoms with Crippen molar-refractivity contribution in [3.05, 3.63) is 62.1 Å². The maximum Gasteiger partial charge on any atom is 0.417 e. The van der Waals surface area contributed by atoms with Crippen LogP contribution in [0, 0.1) is 10.1 Å². The Hall–Kier alpha value is -1.79. The van der Waals surface area contributed by atoms with Crippen LogP contribution in [0.4, 0.5) is 18.9 Å². The largest absolute Gasteiger partial charge is 0.417 e. The number of alkyl halides is 3. The fraction of sp³-hybridized carbons (Fsp3) is 0.0769. The van der Waals surface area contributed by atoms with Crippen molar-refractivity contribution in [3.63, 3.8) is 0 Å². The number of benzene rings is 2. The van der Waals surface area contributed by atoms with Gasteiger partial charge in [0.15, 0.2) is 0 Å². The molecule has 3 nitrogen and oxygen atoms in total. The van der Waals surface area contributed by atoms with Crippen molar-refractivity contribution < 1.29 is 18.1 Å². The highest BCUT2D eigenvalue weighted by molar-refractivity contribution is 6.35. The van der Waals surface area contributed by atoms with Crippen molar-refractivity contribution in [2.45, 2.75) is 6.18 Å². The number of nitro benzene ring substituents is 1. The Morgan fingerprint density at radius 3 is 2.24 bits per heavy atom. The Morgan fingerprint density at radius 1 is 1.00 bits per heavy atom. The standard InChI is InChI=1S/C13H6Cl2F3NO2/c14-7-1-4-12(15)10(5-7)9-6-8(19(20)21)2-3-11(9)13(16,17)18/h1-6H. The van der Waals surface area contributed by atoms with Gasteiger partial charge in [0.1, 0.15) is 0 Å². The molecule has 21 heavy (non-hydrogen) atoms. The van der Waals surface area contributed by atoms with Gasteiger partial charge in [-0.1, -0.05) is 23.2 Å². The highest BCUT2D eigenvalue weighted by Gasteiger charge is 2.35. The van der Waals surface area contributed by atoms with E-state index in [4.69, 9.17) is 23.2 Å². The number of halogens is 5. The smallest absolute Gasteiger partial charge is 0.258 e. The molecule has 0 radical (unpaired) electrons. The minimum atomic E-state index is -4.67. The molecule has 0 aliphatic carbocycles. The molecular weight excluding hydrogens is 330 g/mol. The number of rotatable bonds is 2. The van der Waals surface area contributed by atoms with Crippen molar-refractivity contribution in [1.82, 2.24) is 0 Å². The lowest BCUT2D eigenvalue weighted by Gasteiger charge is -2.14. The monoisotopic (exact) mass is 335 g/mol. The van der Waals surface area contributed by atoms with Crippen LogP contribution in [0.15, 0.2) is 36.4 Å². The fourth-order valence-electron chi connectivity index (χ4n) is 1.82. The lowest BCUT2D eigenvalue weighted by Crippen LogP contribution is -2.07. The molecule has 0 spiro atoms. The molecule has 2 rings (SSSR count). The van der Waals surface area contributed by atoms with Gasteiger partial charge in [0.05, 0.1) is 10.5 Å². The average Bonchev–Trinajstić information content (AvgIpc) is 2.39. The molecule has 0 atom stereocenters. The molecule has 2 aromatic carbocycles. The van der Waals surface area contributed by atoms with E-state index in [1.807, 2.05) is 0 Å². The van der Waals surface area contributed by atoms with Gasteiger partial charge in [-0.15, -0.1) is 0 Å². The van der Waals surface area contributed by atoms with E-state index < -0.39 is 22.4 Å². The Morgan fingerprint density at radius 2 is 1.67 bits per heavy atom. The second-order valence-corrected chi connectivity index (χ2v) is 4.95. The van der Waals surface area contributed by atoms with E-state index in [0.717, 1.165) is 12.1 Å². The maximum atomic E-state index is 13.1. The van der Waals surface area contributed by atoms with Crippen LogP contribution in [-0.4, -0.2) is 4.92 Å². The van der Waals surface area contributed by atoms with Crippen LogP contribution < -0.4 is 0 Å². The van der Waals surface area contributed by atoms with Crippen molar-refractivity contribution in [3.8, 4) is 11.1 Å². The average molecular weight is 336 g/mol. The zero-order valence-electron chi connectivity index (χ0n) is 10.1. The zero-order valence-corrected chi connectivity index (χ0v) is 11.6. The normalized spacial score (nSPS) is 11.5. The van der Waals surface area contributed by atoms with Gasteiger partial charge in [0.2, 0.25) is 0 Å². The Kier molecular flexibility index (Phi) is 4.11. The Bertz CT molecular complexity index is 717. The Labute approximate surface area is 127 Å². The summed E-state index contributed by atoms with van der Waals surface area (Å²) in [6.07, 6.45) is -4.67. The van der Waals surface area contributed by atoms with E-state index in [9.17, 15) is 23.3 Å². The molecule has 2 aromatic rings. The molecule has 0 N–H and O–H groups in total. The minimum Gasteiger partial charge on any atom is -0.258 e. The molecule has 110 valence electrons. The van der Waals surface area contributed by atoms with Gasteiger partial charge < -0.3 is 0 Å². The highest BCUT2D eigenvalue weighted by Crippen LogP contribution is 2.41. The van der Waals surface area contributed by atoms with Crippen LogP contribution in [0.5, 0.6) is 0 Å². The Balaban J connectivity index is 2.77. The summed E-state index contributed by atoms with van der Waals surface area (Å²) >= 11 is 11.7. The van der Waals surface area contributed by atoms with Crippen molar-refractivity contribution in [2.24, 2.45) is 0 Å². The molecule has 0 aromatic heterocycles. The summed E-state index contributed by atoms with van der Waals surface area (Å²) in [6.45, 7) is 0. The predicted molar refractivity (Wildman–Crippen MR) is 73.6 cm³/mol. The second kappa shape index (κ2) is 5.54. The lowest BCUT2D eigenvalue weighted by molar-refractivity contribution is -0.384. The van der Waals surface area contributed by atoms with Gasteiger partial charge >= 0.3 is 6.18 Å². The maximum absolute atomic E-state index is 13.1. The number of hydrogen-bond donors (Lipinski definition) is 0. The first-order valence-electron chi connectivity index (χ1n) is 5.51. The summed E-state index contributed by atoms with van der Waals surface area (Å²) in [5, 5.41) is 11.0. The molecule has 0 unspecified atom stereocenters. The lowest BCUT2D eigenvalue weighted by atomic mass is 9.98. The van der Waals surface area contributed by atoms with E-state index in [1.165, 1.54) is 18.2 Å². The van der Waals surface area contributed by atoms with Gasteiger partial charge in [0, 0.05) is 33.3 Å². The first kappa shape index (κ1) is 15.6. The summed E-state index contributed by atoms with van der Waals surface area (Å²) in [5.41, 5.74) is -1.88. The third-order valence-corrected chi connectivity index (χ3v) is 3.30. The van der Waals surface area contributed by atoms with E-state index in [1.54, 1.807) is 0 Å². The van der Waals surface area contributed by atoms with Gasteiger partial charge in [0.25, 0.3) is 5.69 Å². The van der Waals surface area contributed by atoms with Gasteiger partial charge in [-0.25, -0.2) is 0 Å². The quantitative estimate of drug-likeness (QED) is 0.530. The molecule has 0 amide bonds. The van der Waals surface area contributed by atoms with Gasteiger partial charge in [-0.05, 0) is 24.3 Å². The molecule has 0 saturated carbocycles. The van der Waals surface area contributed by atoms with Gasteiger partial charge in [-0.3, -0.25) is 10.1 Å². The summed E-state index contributed by atoms with van der Waals surface area (Å²) in [5.74, 6) is 0. The summed E-state index contributed by atoms with van der Waals surface area (Å²) in [4.78, 5) is 9.99. The van der Waals surface area contributed by atoms with Crippen LogP contribution in [0.3, 0.4) is 0 Å². The molecule has 0 saturated heterocycles. The fourth-order valence-corrected chi connectivity index (χ4v) is 2.21. The van der Waals surface area contributed by atoms with Crippen LogP contribution >= 0.6 is 23.2 Å². The molecule has 0 aliphatic heterocycles. The van der Waals surface area contributed by atoms with E-state index in [0.29, 0.717) is 6.07 Å². The first-order valence-corrected chi connectivity index (χ1v) is 6.27. The van der Waals surface area contributed by atoms with Crippen LogP contribution in [0.2, 0.25) is 10.0 Å². The van der Waals surface area contributed by atoms with Crippen LogP contribution in [0.25, 0.3) is 11.1 Å². The zero-order chi connectivity index (χ0) is 15.8. The third kappa shape index (κ3) is 3.28. The summed E-state index contributed by atoms with van der Waals surface area (Å²) in [7, 11) is 0. The molecular formula is C13H6Cl2F3NO2. The van der Waals surface area contributed by atoms with Crippen LogP contribution in [0.1, 0.15) is 5.56 Å². The second-order valence-electron chi connectivity index (χ2n) is 4.11. The molecule has 0 heterocycles. The van der Waals surface area contributed by atoms with E-state index in [-0.39, 0.29) is 21.2 Å². The topological polar surface area (TPSA) is 43.1 Å². The van der Waals surface area contributed by atoms with Crippen molar-refractivity contribution in [2.75, 3.05) is 0 Å². The van der Waals surface area contributed by atoms with Gasteiger partial charge in [-0.2, -0.15) is 13.2 Å². The molecule has 0 fully saturated rings. The van der Waals surface area contributed by atoms with Crippen LogP contribution in [-0.2, 0) is 6.18 Å².